The van der Waals surface area contributed by atoms with Crippen LogP contribution in [0.25, 0.3) is 11.1 Å². The number of Topliss-reactive ketones (excluding diaryl/α,β-unsaturated/α-hetero) is 1. The Bertz CT molecular complexity index is 500. The van der Waals surface area contributed by atoms with Crippen molar-refractivity contribution in [3.8, 4) is 0 Å². The minimum absolute atomic E-state index is 0.0504. The van der Waals surface area contributed by atoms with Gasteiger partial charge in [0.05, 0.1) is 0 Å². The number of hydrazine groups is 1. The molecule has 3 heteroatoms. The lowest BCUT2D eigenvalue weighted by Gasteiger charge is -2.22. The molecule has 2 rings (SSSR count). The van der Waals surface area contributed by atoms with Gasteiger partial charge >= 0.3 is 0 Å². The first-order valence-corrected chi connectivity index (χ1v) is 5.14. The van der Waals surface area contributed by atoms with Gasteiger partial charge in [-0.15, -0.1) is 0 Å². The number of ketones is 1. The normalized spacial score (nSPS) is 15.1. The van der Waals surface area contributed by atoms with Crippen LogP contribution < -0.4 is 10.9 Å². The number of nitrogens with one attached hydrogen (secondary N) is 2. The van der Waals surface area contributed by atoms with Crippen molar-refractivity contribution in [1.29, 1.82) is 0 Å². The molecular formula is C13H14N2O. The molecule has 2 N–H and O–H groups in total. The van der Waals surface area contributed by atoms with Crippen molar-refractivity contribution in [2.45, 2.75) is 6.92 Å². The lowest BCUT2D eigenvalue weighted by molar-refractivity contribution is -0.110. The Morgan fingerprint density at radius 3 is 2.44 bits per heavy atom. The van der Waals surface area contributed by atoms with E-state index in [1.54, 1.807) is 7.05 Å². The second-order valence-electron chi connectivity index (χ2n) is 3.73. The second kappa shape index (κ2) is 3.94. The van der Waals surface area contributed by atoms with Crippen molar-refractivity contribution in [1.82, 2.24) is 10.9 Å². The van der Waals surface area contributed by atoms with E-state index in [1.165, 1.54) is 0 Å². The molecule has 1 aliphatic carbocycles. The molecule has 0 aromatic heterocycles. The van der Waals surface area contributed by atoms with E-state index in [2.05, 4.69) is 17.4 Å². The van der Waals surface area contributed by atoms with Crippen LogP contribution in [0.2, 0.25) is 0 Å². The lowest BCUT2D eigenvalue weighted by atomic mass is 9.86. The maximum atomic E-state index is 12.0. The van der Waals surface area contributed by atoms with Crippen LogP contribution in [-0.4, -0.2) is 12.8 Å². The highest BCUT2D eigenvalue weighted by Gasteiger charge is 2.25. The van der Waals surface area contributed by atoms with Crippen molar-refractivity contribution in [2.75, 3.05) is 7.05 Å². The van der Waals surface area contributed by atoms with Crippen LogP contribution in [0.5, 0.6) is 0 Å². The summed E-state index contributed by atoms with van der Waals surface area (Å²) in [5, 5.41) is 0. The van der Waals surface area contributed by atoms with Crippen LogP contribution >= 0.6 is 0 Å². The van der Waals surface area contributed by atoms with E-state index in [9.17, 15) is 4.79 Å². The van der Waals surface area contributed by atoms with Crippen molar-refractivity contribution in [3.63, 3.8) is 0 Å². The number of hydrogen-bond donors (Lipinski definition) is 2. The molecule has 0 amide bonds. The SMILES string of the molecule is C=C1C(=O)C(NNC)=C(C)c2ccccc21. The summed E-state index contributed by atoms with van der Waals surface area (Å²) in [4.78, 5) is 12.0. The molecule has 1 aliphatic rings. The molecule has 0 bridgehead atoms. The predicted molar refractivity (Wildman–Crippen MR) is 65.3 cm³/mol. The van der Waals surface area contributed by atoms with Crippen LogP contribution in [0.3, 0.4) is 0 Å². The fourth-order valence-electron chi connectivity index (χ4n) is 1.93. The molecule has 0 saturated carbocycles. The van der Waals surface area contributed by atoms with Gasteiger partial charge < -0.3 is 5.43 Å². The van der Waals surface area contributed by atoms with Gasteiger partial charge in [-0.05, 0) is 23.6 Å². The Labute approximate surface area is 94.8 Å². The summed E-state index contributed by atoms with van der Waals surface area (Å²) in [5.74, 6) is -0.0504. The summed E-state index contributed by atoms with van der Waals surface area (Å²) in [6.45, 7) is 5.79. The predicted octanol–water partition coefficient (Wildman–Crippen LogP) is 1.74. The van der Waals surface area contributed by atoms with Gasteiger partial charge in [-0.3, -0.25) is 4.79 Å². The van der Waals surface area contributed by atoms with Gasteiger partial charge in [-0.1, -0.05) is 30.8 Å². The highest BCUT2D eigenvalue weighted by atomic mass is 16.1. The zero-order chi connectivity index (χ0) is 11.7. The number of hydrogen-bond acceptors (Lipinski definition) is 3. The molecule has 82 valence electrons. The molecule has 16 heavy (non-hydrogen) atoms. The first kappa shape index (κ1) is 10.6. The molecule has 0 spiro atoms. The molecule has 0 saturated heterocycles. The zero-order valence-electron chi connectivity index (χ0n) is 9.42. The van der Waals surface area contributed by atoms with Gasteiger partial charge in [0.15, 0.2) is 0 Å². The lowest BCUT2D eigenvalue weighted by Crippen LogP contribution is -2.33. The van der Waals surface area contributed by atoms with Crippen molar-refractivity contribution >= 4 is 16.9 Å². The van der Waals surface area contributed by atoms with Crippen molar-refractivity contribution in [3.05, 3.63) is 47.7 Å². The molecule has 0 heterocycles. The van der Waals surface area contributed by atoms with Gasteiger partial charge in [0.1, 0.15) is 5.70 Å². The Hall–Kier alpha value is -1.87. The molecular weight excluding hydrogens is 200 g/mol. The fourth-order valence-corrected chi connectivity index (χ4v) is 1.93. The quantitative estimate of drug-likeness (QED) is 0.582. The minimum atomic E-state index is -0.0504. The van der Waals surface area contributed by atoms with Crippen LogP contribution in [0, 0.1) is 0 Å². The highest BCUT2D eigenvalue weighted by molar-refractivity contribution is 6.32. The Morgan fingerprint density at radius 2 is 1.81 bits per heavy atom. The number of rotatable bonds is 2. The Morgan fingerprint density at radius 1 is 1.19 bits per heavy atom. The summed E-state index contributed by atoms with van der Waals surface area (Å²) >= 11 is 0. The minimum Gasteiger partial charge on any atom is -0.318 e. The average Bonchev–Trinajstić information content (AvgIpc) is 2.32. The van der Waals surface area contributed by atoms with E-state index in [1.807, 2.05) is 31.2 Å². The average molecular weight is 214 g/mol. The highest BCUT2D eigenvalue weighted by Crippen LogP contribution is 2.33. The number of fused-ring (bicyclic) bond motifs is 1. The second-order valence-corrected chi connectivity index (χ2v) is 3.73. The molecule has 0 atom stereocenters. The molecule has 1 aromatic rings. The Kier molecular flexibility index (Phi) is 2.62. The monoisotopic (exact) mass is 214 g/mol. The van der Waals surface area contributed by atoms with Gasteiger partial charge in [-0.2, -0.15) is 0 Å². The summed E-state index contributed by atoms with van der Waals surface area (Å²) < 4.78 is 0. The summed E-state index contributed by atoms with van der Waals surface area (Å²) in [7, 11) is 1.73. The molecule has 3 nitrogen and oxygen atoms in total. The van der Waals surface area contributed by atoms with Crippen LogP contribution in [0.1, 0.15) is 18.1 Å². The third-order valence-electron chi connectivity index (χ3n) is 2.78. The maximum absolute atomic E-state index is 12.0. The number of benzene rings is 1. The smallest absolute Gasteiger partial charge is 0.210 e. The molecule has 0 fully saturated rings. The molecule has 1 aromatic carbocycles. The first-order valence-electron chi connectivity index (χ1n) is 5.14. The third-order valence-corrected chi connectivity index (χ3v) is 2.78. The van der Waals surface area contributed by atoms with Crippen molar-refractivity contribution < 1.29 is 4.79 Å². The first-order chi connectivity index (χ1) is 7.66. The van der Waals surface area contributed by atoms with Crippen LogP contribution in [-0.2, 0) is 4.79 Å². The Balaban J connectivity index is 2.64. The largest absolute Gasteiger partial charge is 0.318 e. The van der Waals surface area contributed by atoms with Gasteiger partial charge in [-0.25, -0.2) is 5.43 Å². The maximum Gasteiger partial charge on any atom is 0.210 e. The van der Waals surface area contributed by atoms with E-state index < -0.39 is 0 Å². The third kappa shape index (κ3) is 1.46. The van der Waals surface area contributed by atoms with E-state index >= 15 is 0 Å². The molecule has 0 unspecified atom stereocenters. The topological polar surface area (TPSA) is 41.1 Å². The number of allylic oxidation sites excluding steroid dienone is 2. The zero-order valence-corrected chi connectivity index (χ0v) is 9.42. The molecule has 0 radical (unpaired) electrons. The van der Waals surface area contributed by atoms with Gasteiger partial charge in [0.25, 0.3) is 0 Å². The molecule has 0 aliphatic heterocycles. The summed E-state index contributed by atoms with van der Waals surface area (Å²) in [6.07, 6.45) is 0. The van der Waals surface area contributed by atoms with Crippen LogP contribution in [0.15, 0.2) is 36.5 Å². The van der Waals surface area contributed by atoms with E-state index in [4.69, 9.17) is 0 Å². The summed E-state index contributed by atoms with van der Waals surface area (Å²) in [5.41, 5.74) is 9.70. The fraction of sp³-hybridized carbons (Fsp3) is 0.154. The van der Waals surface area contributed by atoms with Crippen LogP contribution in [0.4, 0.5) is 0 Å². The van der Waals surface area contributed by atoms with Gasteiger partial charge in [0, 0.05) is 12.6 Å². The number of carbonyl (C=O) groups excluding carboxylic acids is 1. The van der Waals surface area contributed by atoms with Crippen molar-refractivity contribution in [2.24, 2.45) is 0 Å². The van der Waals surface area contributed by atoms with E-state index in [0.717, 1.165) is 16.7 Å². The standard InChI is InChI=1S/C13H14N2O/c1-8-10-6-4-5-7-11(10)9(2)13(16)12(8)15-14-3/h4-7,14-15H,2H2,1,3H3. The van der Waals surface area contributed by atoms with E-state index in [-0.39, 0.29) is 5.78 Å². The summed E-state index contributed by atoms with van der Waals surface area (Å²) in [6, 6.07) is 7.80. The number of carbonyl (C=O) groups is 1. The van der Waals surface area contributed by atoms with Gasteiger partial charge in [0.2, 0.25) is 5.78 Å². The van der Waals surface area contributed by atoms with E-state index in [0.29, 0.717) is 11.3 Å².